The molecule has 0 spiro atoms. The Labute approximate surface area is 243 Å². The summed E-state index contributed by atoms with van der Waals surface area (Å²) >= 11 is 0. The number of aliphatic carboxylic acids is 1. The number of rotatable bonds is 7. The van der Waals surface area contributed by atoms with Crippen LogP contribution in [0.3, 0.4) is 0 Å². The second kappa shape index (κ2) is 11.9. The van der Waals surface area contributed by atoms with E-state index in [1.165, 1.54) is 5.56 Å². The van der Waals surface area contributed by atoms with Gasteiger partial charge in [-0.15, -0.1) is 17.0 Å². The molecule has 0 bridgehead atoms. The van der Waals surface area contributed by atoms with Crippen molar-refractivity contribution in [1.82, 2.24) is 14.7 Å². The van der Waals surface area contributed by atoms with Crippen molar-refractivity contribution in [2.24, 2.45) is 0 Å². The average Bonchev–Trinajstić information content (AvgIpc) is 3.13. The van der Waals surface area contributed by atoms with Crippen molar-refractivity contribution in [3.05, 3.63) is 69.8 Å². The third-order valence-electron chi connectivity index (χ3n) is 7.65. The number of Topliss-reactive ketones (excluding diaryl/α,β-unsaturated/α-hetero) is 1. The molecule has 2 aliphatic rings. The van der Waals surface area contributed by atoms with Gasteiger partial charge < -0.3 is 10.0 Å². The summed E-state index contributed by atoms with van der Waals surface area (Å²) in [7, 11) is 0. The van der Waals surface area contributed by atoms with Crippen LogP contribution in [0.1, 0.15) is 79.7 Å². The highest BCUT2D eigenvalue weighted by atomic mass is 79.9. The summed E-state index contributed by atoms with van der Waals surface area (Å²) in [6, 6.07) is 12.6. The molecular weight excluding hydrogens is 556 g/mol. The molecule has 1 fully saturated rings. The molecule has 0 radical (unpaired) electrons. The fourth-order valence-electron chi connectivity index (χ4n) is 5.19. The van der Waals surface area contributed by atoms with E-state index in [0.717, 1.165) is 55.0 Å². The van der Waals surface area contributed by atoms with E-state index >= 15 is 0 Å². The number of carbonyl (C=O) groups excluding carboxylic acids is 1. The predicted molar refractivity (Wildman–Crippen MR) is 162 cm³/mol. The summed E-state index contributed by atoms with van der Waals surface area (Å²) in [5.41, 5.74) is 6.03. The Morgan fingerprint density at radius 3 is 2.05 bits per heavy atom. The molecule has 7 nitrogen and oxygen atoms in total. The number of nitrogens with zero attached hydrogens (tertiary/aromatic N) is 3. The third kappa shape index (κ3) is 7.56. The van der Waals surface area contributed by atoms with E-state index in [1.807, 2.05) is 21.9 Å². The van der Waals surface area contributed by atoms with Gasteiger partial charge in [0.15, 0.2) is 5.78 Å². The Kier molecular flexibility index (Phi) is 9.46. The molecule has 2 aromatic rings. The van der Waals surface area contributed by atoms with E-state index in [0.29, 0.717) is 17.9 Å². The topological polar surface area (TPSA) is 87.9 Å². The van der Waals surface area contributed by atoms with E-state index < -0.39 is 5.97 Å². The first-order valence-electron chi connectivity index (χ1n) is 13.5. The van der Waals surface area contributed by atoms with E-state index in [1.54, 1.807) is 0 Å². The van der Waals surface area contributed by atoms with E-state index in [2.05, 4.69) is 70.7 Å². The summed E-state index contributed by atoms with van der Waals surface area (Å²) in [5.74, 6) is -0.341. The number of fused-ring (bicyclic) bond motifs is 1. The van der Waals surface area contributed by atoms with Crippen LogP contribution >= 0.6 is 17.0 Å². The smallest absolute Gasteiger partial charge is 0.317 e. The number of halogens is 1. The zero-order valence-electron chi connectivity index (χ0n) is 24.1. The molecule has 2 N–H and O–H groups in total. The summed E-state index contributed by atoms with van der Waals surface area (Å²) in [6.45, 7) is 17.6. The Bertz CT molecular complexity index is 1240. The van der Waals surface area contributed by atoms with Gasteiger partial charge in [0.1, 0.15) is 5.84 Å². The quantitative estimate of drug-likeness (QED) is 0.432. The highest BCUT2D eigenvalue weighted by Gasteiger charge is 2.29. The summed E-state index contributed by atoms with van der Waals surface area (Å²) in [4.78, 5) is 30.8. The fraction of sp³-hybridized carbons (Fsp3) is 0.516. The molecule has 0 aromatic heterocycles. The first-order valence-corrected chi connectivity index (χ1v) is 13.5. The van der Waals surface area contributed by atoms with Crippen molar-refractivity contribution in [2.75, 3.05) is 39.3 Å². The van der Waals surface area contributed by atoms with Gasteiger partial charge in [0, 0.05) is 50.4 Å². The second-order valence-electron chi connectivity index (χ2n) is 12.9. The molecule has 1 saturated heterocycles. The first-order chi connectivity index (χ1) is 17.7. The maximum absolute atomic E-state index is 13.6. The minimum Gasteiger partial charge on any atom is -0.480 e. The van der Waals surface area contributed by atoms with Gasteiger partial charge in [-0.25, -0.2) is 0 Å². The molecule has 0 amide bonds. The van der Waals surface area contributed by atoms with Crippen molar-refractivity contribution >= 4 is 34.6 Å². The van der Waals surface area contributed by atoms with Crippen LogP contribution in [0.2, 0.25) is 0 Å². The van der Waals surface area contributed by atoms with Crippen LogP contribution in [0.25, 0.3) is 0 Å². The number of hydrogen-bond acceptors (Lipinski definition) is 5. The summed E-state index contributed by atoms with van der Waals surface area (Å²) in [6.07, 6.45) is 0. The van der Waals surface area contributed by atoms with Gasteiger partial charge in [-0.2, -0.15) is 0 Å². The molecule has 2 heterocycles. The summed E-state index contributed by atoms with van der Waals surface area (Å²) < 4.78 is 0. The molecule has 2 aliphatic heterocycles. The van der Waals surface area contributed by atoms with Gasteiger partial charge in [0.2, 0.25) is 0 Å². The number of hydrogen-bond donors (Lipinski definition) is 2. The highest BCUT2D eigenvalue weighted by molar-refractivity contribution is 8.93. The van der Waals surface area contributed by atoms with Crippen molar-refractivity contribution in [1.29, 1.82) is 5.41 Å². The largest absolute Gasteiger partial charge is 0.480 e. The number of amidine groups is 1. The SMILES string of the molecule is Br.CC(C)(C)c1cc(CN2CCN(CC(=O)O)CC2)cc(C(=O)CN2Cc3ccc(C(C)(C)C)cc3C2=N)c1. The molecule has 4 rings (SSSR count). The molecule has 0 saturated carbocycles. The van der Waals surface area contributed by atoms with Crippen molar-refractivity contribution in [3.63, 3.8) is 0 Å². The van der Waals surface area contributed by atoms with Gasteiger partial charge in [0.25, 0.3) is 0 Å². The molecule has 39 heavy (non-hydrogen) atoms. The lowest BCUT2D eigenvalue weighted by atomic mass is 9.84. The molecule has 0 atom stereocenters. The lowest BCUT2D eigenvalue weighted by Crippen LogP contribution is -2.47. The predicted octanol–water partition coefficient (Wildman–Crippen LogP) is 5.09. The molecule has 2 aromatic carbocycles. The minimum absolute atomic E-state index is 0. The van der Waals surface area contributed by atoms with E-state index in [-0.39, 0.29) is 46.7 Å². The monoisotopic (exact) mass is 598 g/mol. The maximum atomic E-state index is 13.6. The Morgan fingerprint density at radius 1 is 0.846 bits per heavy atom. The van der Waals surface area contributed by atoms with Crippen LogP contribution in [-0.2, 0) is 28.7 Å². The lowest BCUT2D eigenvalue weighted by molar-refractivity contribution is -0.138. The van der Waals surface area contributed by atoms with Gasteiger partial charge in [0.05, 0.1) is 13.1 Å². The molecule has 0 unspecified atom stereocenters. The molecule has 0 aliphatic carbocycles. The van der Waals surface area contributed by atoms with Gasteiger partial charge >= 0.3 is 5.97 Å². The number of carbonyl (C=O) groups is 2. The minimum atomic E-state index is -0.789. The van der Waals surface area contributed by atoms with Crippen LogP contribution in [0.4, 0.5) is 0 Å². The zero-order valence-corrected chi connectivity index (χ0v) is 25.8. The number of carboxylic acids is 1. The molecule has 8 heteroatoms. The number of piperazine rings is 1. The van der Waals surface area contributed by atoms with Crippen LogP contribution < -0.4 is 0 Å². The van der Waals surface area contributed by atoms with Gasteiger partial charge in [-0.3, -0.25) is 24.8 Å². The highest BCUT2D eigenvalue weighted by Crippen LogP contribution is 2.30. The van der Waals surface area contributed by atoms with Crippen LogP contribution in [0.15, 0.2) is 36.4 Å². The van der Waals surface area contributed by atoms with Gasteiger partial charge in [-0.05, 0) is 51.3 Å². The molecular formula is C31H43BrN4O3. The second-order valence-corrected chi connectivity index (χ2v) is 12.9. The Balaban J connectivity index is 0.00000420. The number of carboxylic acid groups (broad SMARTS) is 1. The van der Waals surface area contributed by atoms with E-state index in [4.69, 9.17) is 10.5 Å². The number of nitrogens with one attached hydrogen (secondary N) is 1. The van der Waals surface area contributed by atoms with Gasteiger partial charge in [-0.1, -0.05) is 59.7 Å². The van der Waals surface area contributed by atoms with Crippen LogP contribution in [0.5, 0.6) is 0 Å². The van der Waals surface area contributed by atoms with Crippen molar-refractivity contribution in [3.8, 4) is 0 Å². The Hall–Kier alpha value is -2.55. The van der Waals surface area contributed by atoms with E-state index in [9.17, 15) is 9.59 Å². The number of benzene rings is 2. The van der Waals surface area contributed by atoms with Crippen LogP contribution in [0, 0.1) is 5.41 Å². The maximum Gasteiger partial charge on any atom is 0.317 e. The fourth-order valence-corrected chi connectivity index (χ4v) is 5.19. The molecule has 212 valence electrons. The third-order valence-corrected chi connectivity index (χ3v) is 7.65. The zero-order chi connectivity index (χ0) is 27.8. The lowest BCUT2D eigenvalue weighted by Gasteiger charge is -2.34. The standard InChI is InChI=1S/C31H42N4O3.BrH/c1-30(2,3)24-8-7-22-18-35(29(32)26(22)16-24)19-27(36)23-13-21(14-25(15-23)31(4,5)6)17-33-9-11-34(12-10-33)20-28(37)38;/h7-8,13-16,32H,9-12,17-20H2,1-6H3,(H,37,38);1H. The van der Waals surface area contributed by atoms with Crippen molar-refractivity contribution in [2.45, 2.75) is 65.5 Å². The van der Waals surface area contributed by atoms with Crippen molar-refractivity contribution < 1.29 is 14.7 Å². The van der Waals surface area contributed by atoms with Crippen LogP contribution in [-0.4, -0.2) is 76.7 Å². The first kappa shape index (κ1) is 31.0. The average molecular weight is 600 g/mol. The normalized spacial score (nSPS) is 16.7. The summed E-state index contributed by atoms with van der Waals surface area (Å²) in [5, 5.41) is 17.8. The Morgan fingerprint density at radius 2 is 1.46 bits per heavy atom. The number of ketones is 1.